The average Bonchev–Trinajstić information content (AvgIpc) is 3.03. The van der Waals surface area contributed by atoms with Crippen molar-refractivity contribution in [2.75, 3.05) is 13.2 Å². The van der Waals surface area contributed by atoms with Gasteiger partial charge in [0.25, 0.3) is 0 Å². The van der Waals surface area contributed by atoms with E-state index in [2.05, 4.69) is 0 Å². The molecule has 0 radical (unpaired) electrons. The number of benzene rings is 4. The van der Waals surface area contributed by atoms with Gasteiger partial charge in [0.05, 0.1) is 28.9 Å². The fraction of sp³-hybridized carbons (Fsp3) is 0.152. The minimum absolute atomic E-state index is 0.0324. The molecule has 0 aliphatic heterocycles. The Morgan fingerprint density at radius 3 is 1.13 bits per heavy atom. The van der Waals surface area contributed by atoms with Crippen LogP contribution in [0.3, 0.4) is 0 Å². The highest BCUT2D eigenvalue weighted by Gasteiger charge is 2.32. The lowest BCUT2D eigenvalue weighted by Gasteiger charge is -2.27. The summed E-state index contributed by atoms with van der Waals surface area (Å²) >= 11 is 0. The van der Waals surface area contributed by atoms with E-state index in [1.165, 1.54) is 97.1 Å². The number of carbonyl (C=O) groups excluding carboxylic acids is 4. The van der Waals surface area contributed by atoms with Crippen molar-refractivity contribution >= 4 is 23.9 Å². The van der Waals surface area contributed by atoms with Gasteiger partial charge in [0, 0.05) is 6.42 Å². The topological polar surface area (TPSA) is 186 Å². The van der Waals surface area contributed by atoms with Crippen LogP contribution in [0.5, 0.6) is 23.0 Å². The van der Waals surface area contributed by atoms with Gasteiger partial charge >= 0.3 is 23.9 Å². The molecule has 2 atom stereocenters. The molecule has 45 heavy (non-hydrogen) atoms. The zero-order valence-corrected chi connectivity index (χ0v) is 23.6. The number of hydrogen-bond donors (Lipinski definition) is 4. The van der Waals surface area contributed by atoms with Crippen molar-refractivity contribution in [1.82, 2.24) is 0 Å². The molecule has 0 bridgehead atoms. The van der Waals surface area contributed by atoms with Gasteiger partial charge in [0.15, 0.2) is 6.10 Å². The van der Waals surface area contributed by atoms with Crippen LogP contribution in [0, 0.1) is 0 Å². The SMILES string of the molecule is O=C(OCCC(OC(=O)c1ccc(O)cc1)[C@@H](COC(=O)c1ccc(O)cc1)OC(=O)c1ccc(O)cc1)c1ccc(O)cc1. The zero-order chi connectivity index (χ0) is 32.3. The van der Waals surface area contributed by atoms with Crippen LogP contribution in [0.1, 0.15) is 47.9 Å². The van der Waals surface area contributed by atoms with Crippen molar-refractivity contribution in [3.8, 4) is 23.0 Å². The predicted octanol–water partition coefficient (Wildman–Crippen LogP) is 4.36. The van der Waals surface area contributed by atoms with Gasteiger partial charge in [-0.15, -0.1) is 0 Å². The molecule has 0 spiro atoms. The number of phenols is 4. The minimum atomic E-state index is -1.42. The maximum absolute atomic E-state index is 13.1. The number of ether oxygens (including phenoxy) is 4. The molecule has 0 aliphatic rings. The summed E-state index contributed by atoms with van der Waals surface area (Å²) in [5.41, 5.74) is 0.300. The van der Waals surface area contributed by atoms with E-state index in [9.17, 15) is 39.6 Å². The lowest BCUT2D eigenvalue weighted by atomic mass is 10.1. The Balaban J connectivity index is 1.57. The van der Waals surface area contributed by atoms with Crippen molar-refractivity contribution in [2.45, 2.75) is 18.6 Å². The van der Waals surface area contributed by atoms with Crippen molar-refractivity contribution in [3.63, 3.8) is 0 Å². The smallest absolute Gasteiger partial charge is 0.338 e. The molecule has 4 aromatic carbocycles. The quantitative estimate of drug-likeness (QED) is 0.130. The number of esters is 4. The average molecular weight is 617 g/mol. The van der Waals surface area contributed by atoms with Crippen LogP contribution in [0.4, 0.5) is 0 Å². The molecule has 0 amide bonds. The Bertz CT molecular complexity index is 1610. The summed E-state index contributed by atoms with van der Waals surface area (Å²) in [5.74, 6) is -3.65. The molecule has 0 aromatic heterocycles. The number of aromatic hydroxyl groups is 4. The third-order valence-electron chi connectivity index (χ3n) is 6.36. The van der Waals surface area contributed by atoms with Crippen LogP contribution in [0.25, 0.3) is 0 Å². The van der Waals surface area contributed by atoms with E-state index in [-0.39, 0.29) is 58.3 Å². The first-order valence-electron chi connectivity index (χ1n) is 13.5. The lowest BCUT2D eigenvalue weighted by molar-refractivity contribution is -0.0641. The van der Waals surface area contributed by atoms with Gasteiger partial charge in [0.1, 0.15) is 35.7 Å². The molecule has 0 fully saturated rings. The van der Waals surface area contributed by atoms with Gasteiger partial charge in [0.2, 0.25) is 0 Å². The number of hydrogen-bond acceptors (Lipinski definition) is 12. The molecule has 4 rings (SSSR count). The number of phenolic OH excluding ortho intramolecular Hbond substituents is 4. The fourth-order valence-corrected chi connectivity index (χ4v) is 3.93. The summed E-state index contributed by atoms with van der Waals surface area (Å²) in [5, 5.41) is 38.2. The molecule has 12 nitrogen and oxygen atoms in total. The van der Waals surface area contributed by atoms with E-state index in [0.717, 1.165) is 0 Å². The molecular formula is C33H28O12. The molecule has 4 aromatic rings. The minimum Gasteiger partial charge on any atom is -0.508 e. The molecular weight excluding hydrogens is 588 g/mol. The van der Waals surface area contributed by atoms with Crippen LogP contribution >= 0.6 is 0 Å². The van der Waals surface area contributed by atoms with Crippen molar-refractivity contribution in [2.24, 2.45) is 0 Å². The van der Waals surface area contributed by atoms with Gasteiger partial charge in [-0.3, -0.25) is 0 Å². The third kappa shape index (κ3) is 9.22. The van der Waals surface area contributed by atoms with Crippen LogP contribution < -0.4 is 0 Å². The van der Waals surface area contributed by atoms with Gasteiger partial charge in [-0.1, -0.05) is 0 Å². The number of carbonyl (C=O) groups is 4. The Kier molecular flexibility index (Phi) is 10.6. The van der Waals surface area contributed by atoms with Crippen LogP contribution in [0.2, 0.25) is 0 Å². The summed E-state index contributed by atoms with van der Waals surface area (Å²) in [6, 6.07) is 20.8. The van der Waals surface area contributed by atoms with E-state index >= 15 is 0 Å². The first-order chi connectivity index (χ1) is 21.6. The Hall–Kier alpha value is -6.04. The second-order valence-electron chi connectivity index (χ2n) is 9.60. The normalized spacial score (nSPS) is 11.9. The third-order valence-corrected chi connectivity index (χ3v) is 6.36. The maximum atomic E-state index is 13.1. The molecule has 0 heterocycles. The van der Waals surface area contributed by atoms with E-state index in [0.29, 0.717) is 0 Å². The molecule has 1 unspecified atom stereocenters. The maximum Gasteiger partial charge on any atom is 0.338 e. The second kappa shape index (κ2) is 14.9. The summed E-state index contributed by atoms with van der Waals surface area (Å²) in [6.45, 7) is -0.921. The van der Waals surface area contributed by atoms with Gasteiger partial charge < -0.3 is 39.4 Å². The highest BCUT2D eigenvalue weighted by atomic mass is 16.6. The molecule has 4 N–H and O–H groups in total. The van der Waals surface area contributed by atoms with Gasteiger partial charge in [-0.25, -0.2) is 19.2 Å². The second-order valence-corrected chi connectivity index (χ2v) is 9.60. The van der Waals surface area contributed by atoms with E-state index < -0.39 is 42.7 Å². The van der Waals surface area contributed by atoms with Crippen LogP contribution in [0.15, 0.2) is 97.1 Å². The monoisotopic (exact) mass is 616 g/mol. The van der Waals surface area contributed by atoms with E-state index in [1.807, 2.05) is 0 Å². The Morgan fingerprint density at radius 1 is 0.444 bits per heavy atom. The van der Waals surface area contributed by atoms with Crippen molar-refractivity contribution < 1.29 is 58.6 Å². The molecule has 12 heteroatoms. The Labute approximate surface area is 256 Å². The molecule has 0 saturated heterocycles. The van der Waals surface area contributed by atoms with Crippen molar-refractivity contribution in [1.29, 1.82) is 0 Å². The standard InChI is InChI=1S/C33H28O12/c34-24-9-1-20(2-10-24)30(38)42-18-17-28(44-32(40)22-5-13-26(36)14-6-22)29(45-33(41)23-7-15-27(37)16-8-23)19-43-31(39)21-3-11-25(35)12-4-21/h1-16,28-29,34-37H,17-19H2/t28?,29-/m1/s1. The first-order valence-corrected chi connectivity index (χ1v) is 13.5. The highest BCUT2D eigenvalue weighted by Crippen LogP contribution is 2.20. The highest BCUT2D eigenvalue weighted by molar-refractivity contribution is 5.91. The first kappa shape index (κ1) is 31.9. The van der Waals surface area contributed by atoms with Gasteiger partial charge in [-0.2, -0.15) is 0 Å². The van der Waals surface area contributed by atoms with Crippen molar-refractivity contribution in [3.05, 3.63) is 119 Å². The number of rotatable bonds is 12. The largest absolute Gasteiger partial charge is 0.508 e. The predicted molar refractivity (Wildman–Crippen MR) is 156 cm³/mol. The lowest BCUT2D eigenvalue weighted by Crippen LogP contribution is -2.40. The summed E-state index contributed by atoms with van der Waals surface area (Å²) < 4.78 is 22.0. The van der Waals surface area contributed by atoms with E-state index in [4.69, 9.17) is 18.9 Å². The Morgan fingerprint density at radius 2 is 0.756 bits per heavy atom. The summed E-state index contributed by atoms with van der Waals surface area (Å²) in [4.78, 5) is 51.4. The summed E-state index contributed by atoms with van der Waals surface area (Å²) in [7, 11) is 0. The molecule has 0 aliphatic carbocycles. The van der Waals surface area contributed by atoms with E-state index in [1.54, 1.807) is 0 Å². The van der Waals surface area contributed by atoms with Crippen LogP contribution in [-0.4, -0.2) is 69.7 Å². The molecule has 232 valence electrons. The fourth-order valence-electron chi connectivity index (χ4n) is 3.93. The zero-order valence-electron chi connectivity index (χ0n) is 23.6. The molecule has 0 saturated carbocycles. The summed E-state index contributed by atoms with van der Waals surface area (Å²) in [6.07, 6.45) is -2.95. The van der Waals surface area contributed by atoms with Crippen LogP contribution in [-0.2, 0) is 18.9 Å². The van der Waals surface area contributed by atoms with Gasteiger partial charge in [-0.05, 0) is 97.1 Å².